The molecule has 0 amide bonds. The summed E-state index contributed by atoms with van der Waals surface area (Å²) in [4.78, 5) is 139. The first kappa shape index (κ1) is 85.0. The van der Waals surface area contributed by atoms with Crippen LogP contribution in [-0.4, -0.2) is 104 Å². The van der Waals surface area contributed by atoms with Crippen LogP contribution in [0.3, 0.4) is 0 Å². The Morgan fingerprint density at radius 3 is 1.03 bits per heavy atom. The lowest BCUT2D eigenvalue weighted by molar-refractivity contribution is 0.534. The Morgan fingerprint density at radius 2 is 0.664 bits per heavy atom. The van der Waals surface area contributed by atoms with Gasteiger partial charge >= 0.3 is 22.8 Å². The second-order valence-corrected chi connectivity index (χ2v) is 30.9. The van der Waals surface area contributed by atoms with Crippen LogP contribution >= 0.6 is 58.0 Å². The first-order valence-corrected chi connectivity index (χ1v) is 39.7. The molecule has 0 aliphatic carbocycles. The van der Waals surface area contributed by atoms with Crippen molar-refractivity contribution in [1.29, 1.82) is 0 Å². The van der Waals surface area contributed by atoms with Gasteiger partial charge in [0.25, 0.3) is 22.2 Å². The van der Waals surface area contributed by atoms with Crippen molar-refractivity contribution in [2.24, 2.45) is 0 Å². The zero-order valence-electron chi connectivity index (χ0n) is 66.0. The highest BCUT2D eigenvalue weighted by Crippen LogP contribution is 2.30. The maximum Gasteiger partial charge on any atom is 0.349 e. The summed E-state index contributed by atoms with van der Waals surface area (Å²) in [5.74, 6) is 0.820. The van der Waals surface area contributed by atoms with E-state index in [2.05, 4.69) is 88.0 Å². The Balaban J connectivity index is 0.000000137. The standard InChI is InChI=1S/C22H22ClN5O2.2C21H19Cl2N5O2.C21H20FN5O2/c1-12-10-17-18(11-13(12)2)28(20-19(25-17)21(29)27-22(30)26-20)9-8-24-14(3)15-4-6-16(23)7-5-15;1-11-7-16-17(8-12(11)2)28(19-18(25-16)20(29)27-21(30)26-19)6-5-24-10-13-9-14(22)3-4-15(13)23;1-11-7-16-17(8-12(11)2)28(19-18(25-16)20(29)27-21(30)26-19)6-5-24-10-13-3-4-14(22)9-15(13)23;1-12-9-16-17(10-13(12)2)27(19-18(24-16)20(28)26-21(29)25-19)8-7-23-11-14-3-5-15(22)6-4-14/h4-7,10-11,14,24H,8-9H2,1-3H3,(H,27,29,30);2*3-4,7-9,24H,5-6,10H2,1-2H3,(H,27,29,30);3-6,9-10,23H,7-8,11H2,1-2H3,(H,26,28,29). The lowest BCUT2D eigenvalue weighted by Crippen LogP contribution is -2.30. The fourth-order valence-corrected chi connectivity index (χ4v) is 14.5. The number of halogens is 6. The molecule has 8 aromatic carbocycles. The van der Waals surface area contributed by atoms with Crippen molar-refractivity contribution < 1.29 is 4.39 Å². The van der Waals surface area contributed by atoms with Gasteiger partial charge in [-0.1, -0.05) is 88.3 Å². The number of benzene rings is 8. The fraction of sp³-hybridized carbons (Fsp3) is 0.247. The molecular formula is C85H80Cl5FN20O8. The maximum atomic E-state index is 13.0. The van der Waals surface area contributed by atoms with Gasteiger partial charge in [-0.15, -0.1) is 0 Å². The number of fused-ring (bicyclic) bond motifs is 8. The molecule has 8 N–H and O–H groups in total. The summed E-state index contributed by atoms with van der Waals surface area (Å²) in [6.45, 7) is 24.0. The van der Waals surface area contributed by atoms with Crippen LogP contribution in [0.2, 0.25) is 25.1 Å². The molecule has 34 heteroatoms. The number of nitrogens with one attached hydrogen (secondary N) is 8. The van der Waals surface area contributed by atoms with Gasteiger partial charge in [-0.3, -0.25) is 39.1 Å². The summed E-state index contributed by atoms with van der Waals surface area (Å²) in [6.07, 6.45) is 0. The number of hydrogen-bond acceptors (Lipinski definition) is 20. The molecule has 8 aromatic rings. The number of hydrogen-bond donors (Lipinski definition) is 8. The van der Waals surface area contributed by atoms with E-state index in [1.54, 1.807) is 36.4 Å². The molecule has 0 radical (unpaired) electrons. The Morgan fingerprint density at radius 1 is 0.345 bits per heavy atom. The van der Waals surface area contributed by atoms with Gasteiger partial charge in [0, 0.05) is 103 Å². The smallest absolute Gasteiger partial charge is 0.321 e. The average Bonchev–Trinajstić information content (AvgIpc) is 0.772. The van der Waals surface area contributed by atoms with E-state index in [1.807, 2.05) is 159 Å². The molecular weight excluding hydrogens is 1630 g/mol. The van der Waals surface area contributed by atoms with Crippen LogP contribution in [0, 0.1) is 61.2 Å². The minimum Gasteiger partial charge on any atom is -0.321 e. The average molecular weight is 1710 g/mol. The van der Waals surface area contributed by atoms with Gasteiger partial charge in [0.15, 0.2) is 46.1 Å². The third-order valence-electron chi connectivity index (χ3n) is 20.5. The van der Waals surface area contributed by atoms with Crippen LogP contribution in [0.25, 0.3) is 90.2 Å². The first-order valence-electron chi connectivity index (χ1n) is 37.8. The van der Waals surface area contributed by atoms with Crippen molar-refractivity contribution >= 4 is 102 Å². The van der Waals surface area contributed by atoms with Gasteiger partial charge in [0.05, 0.1) is 44.1 Å². The molecule has 0 saturated heterocycles. The molecule has 8 aliphatic heterocycles. The van der Waals surface area contributed by atoms with Gasteiger partial charge in [0.1, 0.15) is 5.82 Å². The molecule has 610 valence electrons. The van der Waals surface area contributed by atoms with E-state index in [1.165, 1.54) is 12.1 Å². The SMILES string of the molecule is Cc1cc2nc3c(=O)[nH]c(=O)nc-3n(CCNC(C)c3ccc(Cl)cc3)c2cc1C.Cc1cc2nc3c(=O)[nH]c(=O)nc-3n(CCNCc3cc(Cl)ccc3Cl)c2cc1C.Cc1cc2nc3c(=O)[nH]c(=O)nc-3n(CCNCc3ccc(Cl)cc3Cl)c2cc1C.Cc1cc2nc3c(=O)[nH]c(=O)nc-3n(CCNCc3ccc(F)cc3)c2cc1C. The Labute approximate surface area is 702 Å². The second-order valence-electron chi connectivity index (χ2n) is 28.8. The predicted octanol–water partition coefficient (Wildman–Crippen LogP) is 11.9. The van der Waals surface area contributed by atoms with Crippen LogP contribution in [0.4, 0.5) is 4.39 Å². The number of nitrogens with zero attached hydrogens (tertiary/aromatic N) is 12. The molecule has 0 fully saturated rings. The molecule has 0 spiro atoms. The van der Waals surface area contributed by atoms with Gasteiger partial charge in [0.2, 0.25) is 0 Å². The highest BCUT2D eigenvalue weighted by Gasteiger charge is 2.25. The molecule has 16 rings (SSSR count). The van der Waals surface area contributed by atoms with Crippen molar-refractivity contribution in [3.05, 3.63) is 315 Å². The van der Waals surface area contributed by atoms with E-state index in [0.717, 1.165) is 88.8 Å². The molecule has 0 aromatic heterocycles. The van der Waals surface area contributed by atoms with Gasteiger partial charge in [-0.2, -0.15) is 19.9 Å². The molecule has 0 saturated carbocycles. The van der Waals surface area contributed by atoms with Crippen LogP contribution in [-0.2, 0) is 45.8 Å². The van der Waals surface area contributed by atoms with Crippen LogP contribution in [0.15, 0.2) is 172 Å². The molecule has 8 aliphatic rings. The number of aromatic amines is 4. The largest absolute Gasteiger partial charge is 0.349 e. The van der Waals surface area contributed by atoms with E-state index in [0.29, 0.717) is 125 Å². The van der Waals surface area contributed by atoms with Crippen LogP contribution < -0.4 is 66.3 Å². The third kappa shape index (κ3) is 19.8. The Kier molecular flexibility index (Phi) is 26.4. The zero-order chi connectivity index (χ0) is 84.8. The lowest BCUT2D eigenvalue weighted by Gasteiger charge is -2.20. The Hall–Kier alpha value is -11.9. The summed E-state index contributed by atoms with van der Waals surface area (Å²) in [5, 5.41) is 16.6. The fourth-order valence-electron chi connectivity index (χ4n) is 13.6. The monoisotopic (exact) mass is 1700 g/mol. The van der Waals surface area contributed by atoms with Crippen molar-refractivity contribution in [2.75, 3.05) is 26.2 Å². The predicted molar refractivity (Wildman–Crippen MR) is 464 cm³/mol. The van der Waals surface area contributed by atoms with Crippen molar-refractivity contribution in [3.8, 4) is 46.1 Å². The van der Waals surface area contributed by atoms with E-state index in [-0.39, 0.29) is 52.1 Å². The lowest BCUT2D eigenvalue weighted by atomic mass is 10.1. The number of rotatable bonds is 20. The summed E-state index contributed by atoms with van der Waals surface area (Å²) in [7, 11) is 0. The highest BCUT2D eigenvalue weighted by molar-refractivity contribution is 6.35. The normalized spacial score (nSPS) is 11.7. The Bertz CT molecular complexity index is 6930. The first-order chi connectivity index (χ1) is 56.9. The minimum absolute atomic E-state index is 0.109. The molecule has 0 bridgehead atoms. The van der Waals surface area contributed by atoms with Gasteiger partial charge in [-0.05, 0) is 232 Å². The molecule has 28 nitrogen and oxygen atoms in total. The van der Waals surface area contributed by atoms with Gasteiger partial charge in [-0.25, -0.2) is 43.5 Å². The van der Waals surface area contributed by atoms with Crippen LogP contribution in [0.1, 0.15) is 79.7 Å². The summed E-state index contributed by atoms with van der Waals surface area (Å²) < 4.78 is 20.5. The molecule has 1 unspecified atom stereocenters. The second kappa shape index (κ2) is 36.9. The van der Waals surface area contributed by atoms with Crippen LogP contribution in [0.5, 0.6) is 0 Å². The third-order valence-corrected chi connectivity index (χ3v) is 21.9. The molecule has 119 heavy (non-hydrogen) atoms. The topological polar surface area (TPSA) is 371 Å². The van der Waals surface area contributed by atoms with Crippen molar-refractivity contribution in [1.82, 2.24) is 99.3 Å². The van der Waals surface area contributed by atoms with E-state index in [9.17, 15) is 42.7 Å². The summed E-state index contributed by atoms with van der Waals surface area (Å²) in [6, 6.07) is 40.6. The maximum absolute atomic E-state index is 13.0. The zero-order valence-corrected chi connectivity index (χ0v) is 69.7. The van der Waals surface area contributed by atoms with E-state index in [4.69, 9.17) is 58.0 Å². The van der Waals surface area contributed by atoms with Crippen molar-refractivity contribution in [2.45, 2.75) is 114 Å². The number of H-pyrrole nitrogens is 4. The molecule has 8 heterocycles. The van der Waals surface area contributed by atoms with Gasteiger partial charge < -0.3 is 39.5 Å². The summed E-state index contributed by atoms with van der Waals surface area (Å²) >= 11 is 30.4. The van der Waals surface area contributed by atoms with E-state index < -0.39 is 45.0 Å². The minimum atomic E-state index is -0.694. The van der Waals surface area contributed by atoms with Crippen molar-refractivity contribution in [3.63, 3.8) is 0 Å². The van der Waals surface area contributed by atoms with E-state index >= 15 is 0 Å². The number of aryl methyl sites for hydroxylation is 8. The summed E-state index contributed by atoms with van der Waals surface area (Å²) in [5.41, 5.74) is 14.2. The highest BCUT2D eigenvalue weighted by atomic mass is 35.5. The number of aromatic nitrogens is 16. The molecule has 1 atom stereocenters. The quantitative estimate of drug-likeness (QED) is 0.0259.